The van der Waals surface area contributed by atoms with Crippen LogP contribution in [0.15, 0.2) is 18.2 Å². The Balaban J connectivity index is 2.14. The third-order valence-electron chi connectivity index (χ3n) is 3.90. The standard InChI is InChI=1S/C17H27ClN2O/c1-3-10-21-14-6-5-9-20(12-14)17-8-4-7-16(18)15(17)11-13(2)19/h4,7-8,13-14H,3,5-6,9-12,19H2,1-2H3. The molecule has 2 atom stereocenters. The molecular weight excluding hydrogens is 284 g/mol. The molecule has 4 heteroatoms. The van der Waals surface area contributed by atoms with Crippen LogP contribution in [0.1, 0.15) is 38.7 Å². The number of ether oxygens (including phenoxy) is 1. The lowest BCUT2D eigenvalue weighted by atomic mass is 10.0. The van der Waals surface area contributed by atoms with Gasteiger partial charge in [-0.2, -0.15) is 0 Å². The van der Waals surface area contributed by atoms with E-state index in [-0.39, 0.29) is 6.04 Å². The summed E-state index contributed by atoms with van der Waals surface area (Å²) >= 11 is 6.40. The second-order valence-corrected chi connectivity index (χ2v) is 6.41. The highest BCUT2D eigenvalue weighted by molar-refractivity contribution is 6.31. The molecule has 1 aromatic carbocycles. The summed E-state index contributed by atoms with van der Waals surface area (Å²) in [6.45, 7) is 7.04. The van der Waals surface area contributed by atoms with E-state index >= 15 is 0 Å². The van der Waals surface area contributed by atoms with Gasteiger partial charge in [0, 0.05) is 36.4 Å². The van der Waals surface area contributed by atoms with E-state index in [1.165, 1.54) is 17.7 Å². The predicted octanol–water partition coefficient (Wildman–Crippen LogP) is 3.63. The maximum Gasteiger partial charge on any atom is 0.0750 e. The van der Waals surface area contributed by atoms with Crippen molar-refractivity contribution in [1.82, 2.24) is 0 Å². The van der Waals surface area contributed by atoms with E-state index in [2.05, 4.69) is 17.9 Å². The summed E-state index contributed by atoms with van der Waals surface area (Å²) in [5, 5.41) is 0.821. The molecule has 0 amide bonds. The van der Waals surface area contributed by atoms with Gasteiger partial charge >= 0.3 is 0 Å². The fourth-order valence-electron chi connectivity index (χ4n) is 2.95. The van der Waals surface area contributed by atoms with Gasteiger partial charge in [-0.1, -0.05) is 24.6 Å². The van der Waals surface area contributed by atoms with Gasteiger partial charge in [0.2, 0.25) is 0 Å². The zero-order valence-electron chi connectivity index (χ0n) is 13.1. The first kappa shape index (κ1) is 16.6. The second-order valence-electron chi connectivity index (χ2n) is 6.00. The smallest absolute Gasteiger partial charge is 0.0750 e. The van der Waals surface area contributed by atoms with Crippen molar-refractivity contribution in [2.24, 2.45) is 5.73 Å². The highest BCUT2D eigenvalue weighted by atomic mass is 35.5. The van der Waals surface area contributed by atoms with Crippen LogP contribution in [0.4, 0.5) is 5.69 Å². The highest BCUT2D eigenvalue weighted by Crippen LogP contribution is 2.31. The summed E-state index contributed by atoms with van der Waals surface area (Å²) in [6.07, 6.45) is 4.54. The minimum Gasteiger partial charge on any atom is -0.376 e. The number of anilines is 1. The maximum atomic E-state index is 6.40. The molecule has 0 saturated carbocycles. The summed E-state index contributed by atoms with van der Waals surface area (Å²) in [5.41, 5.74) is 8.38. The van der Waals surface area contributed by atoms with Crippen molar-refractivity contribution in [3.05, 3.63) is 28.8 Å². The normalized spacial score (nSPS) is 20.6. The highest BCUT2D eigenvalue weighted by Gasteiger charge is 2.23. The van der Waals surface area contributed by atoms with E-state index < -0.39 is 0 Å². The zero-order chi connectivity index (χ0) is 15.2. The molecule has 1 fully saturated rings. The minimum atomic E-state index is 0.112. The van der Waals surface area contributed by atoms with Gasteiger partial charge in [0.15, 0.2) is 0 Å². The topological polar surface area (TPSA) is 38.5 Å². The number of hydrogen-bond acceptors (Lipinski definition) is 3. The molecule has 1 aliphatic rings. The molecule has 21 heavy (non-hydrogen) atoms. The van der Waals surface area contributed by atoms with E-state index in [1.54, 1.807) is 0 Å². The molecule has 1 aliphatic heterocycles. The Kier molecular flexibility index (Phi) is 6.34. The number of hydrogen-bond donors (Lipinski definition) is 1. The van der Waals surface area contributed by atoms with E-state index in [4.69, 9.17) is 22.1 Å². The van der Waals surface area contributed by atoms with Crippen molar-refractivity contribution < 1.29 is 4.74 Å². The first-order chi connectivity index (χ1) is 10.1. The molecule has 118 valence electrons. The van der Waals surface area contributed by atoms with Crippen LogP contribution in [0, 0.1) is 0 Å². The van der Waals surface area contributed by atoms with Crippen LogP contribution in [-0.2, 0) is 11.2 Å². The lowest BCUT2D eigenvalue weighted by Crippen LogP contribution is -2.40. The van der Waals surface area contributed by atoms with Crippen LogP contribution in [0.3, 0.4) is 0 Å². The number of piperidine rings is 1. The van der Waals surface area contributed by atoms with E-state index in [9.17, 15) is 0 Å². The quantitative estimate of drug-likeness (QED) is 0.872. The van der Waals surface area contributed by atoms with Crippen LogP contribution < -0.4 is 10.6 Å². The van der Waals surface area contributed by atoms with Crippen molar-refractivity contribution in [1.29, 1.82) is 0 Å². The van der Waals surface area contributed by atoms with Gasteiger partial charge in [-0.25, -0.2) is 0 Å². The number of halogens is 1. The number of nitrogens with two attached hydrogens (primary N) is 1. The Morgan fingerprint density at radius 1 is 1.48 bits per heavy atom. The van der Waals surface area contributed by atoms with Crippen LogP contribution in [-0.4, -0.2) is 31.8 Å². The fraction of sp³-hybridized carbons (Fsp3) is 0.647. The summed E-state index contributed by atoms with van der Waals surface area (Å²) in [5.74, 6) is 0. The fourth-order valence-corrected chi connectivity index (χ4v) is 3.19. The van der Waals surface area contributed by atoms with E-state index in [1.807, 2.05) is 19.1 Å². The predicted molar refractivity (Wildman–Crippen MR) is 90.3 cm³/mol. The Morgan fingerprint density at radius 3 is 3.00 bits per heavy atom. The molecule has 1 heterocycles. The summed E-state index contributed by atoms with van der Waals surface area (Å²) in [6, 6.07) is 6.25. The third-order valence-corrected chi connectivity index (χ3v) is 4.25. The number of benzene rings is 1. The molecule has 3 nitrogen and oxygen atoms in total. The largest absolute Gasteiger partial charge is 0.376 e. The maximum absolute atomic E-state index is 6.40. The van der Waals surface area contributed by atoms with Gasteiger partial charge in [0.1, 0.15) is 0 Å². The van der Waals surface area contributed by atoms with Crippen LogP contribution >= 0.6 is 11.6 Å². The number of nitrogens with zero attached hydrogens (tertiary/aromatic N) is 1. The SMILES string of the molecule is CCCOC1CCCN(c2cccc(Cl)c2CC(C)N)C1. The second kappa shape index (κ2) is 8.02. The van der Waals surface area contributed by atoms with Crippen LogP contribution in [0.25, 0.3) is 0 Å². The van der Waals surface area contributed by atoms with Gasteiger partial charge in [0.25, 0.3) is 0 Å². The van der Waals surface area contributed by atoms with Gasteiger partial charge in [0.05, 0.1) is 6.10 Å². The molecule has 1 aromatic rings. The molecule has 0 aromatic heterocycles. The van der Waals surface area contributed by atoms with Crippen molar-refractivity contribution in [3.63, 3.8) is 0 Å². The number of rotatable bonds is 6. The Morgan fingerprint density at radius 2 is 2.29 bits per heavy atom. The average Bonchev–Trinajstić information content (AvgIpc) is 2.47. The van der Waals surface area contributed by atoms with Crippen molar-refractivity contribution in [2.75, 3.05) is 24.6 Å². The van der Waals surface area contributed by atoms with Gasteiger partial charge in [-0.05, 0) is 50.3 Å². The summed E-state index contributed by atoms with van der Waals surface area (Å²) in [7, 11) is 0. The van der Waals surface area contributed by atoms with Crippen LogP contribution in [0.5, 0.6) is 0 Å². The van der Waals surface area contributed by atoms with Gasteiger partial charge < -0.3 is 15.4 Å². The molecule has 0 bridgehead atoms. The van der Waals surface area contributed by atoms with Gasteiger partial charge in [-0.3, -0.25) is 0 Å². The van der Waals surface area contributed by atoms with Gasteiger partial charge in [-0.15, -0.1) is 0 Å². The molecular formula is C17H27ClN2O. The Labute approximate surface area is 133 Å². The van der Waals surface area contributed by atoms with E-state index in [0.29, 0.717) is 6.10 Å². The first-order valence-electron chi connectivity index (χ1n) is 8.01. The monoisotopic (exact) mass is 310 g/mol. The molecule has 0 aliphatic carbocycles. The third kappa shape index (κ3) is 4.60. The lowest BCUT2D eigenvalue weighted by Gasteiger charge is -2.36. The molecule has 2 rings (SSSR count). The van der Waals surface area contributed by atoms with Crippen LogP contribution in [0.2, 0.25) is 5.02 Å². The molecule has 2 N–H and O–H groups in total. The Bertz CT molecular complexity index is 450. The minimum absolute atomic E-state index is 0.112. The Hall–Kier alpha value is -0.770. The molecule has 1 saturated heterocycles. The average molecular weight is 311 g/mol. The zero-order valence-corrected chi connectivity index (χ0v) is 13.9. The lowest BCUT2D eigenvalue weighted by molar-refractivity contribution is 0.0440. The summed E-state index contributed by atoms with van der Waals surface area (Å²) < 4.78 is 5.94. The van der Waals surface area contributed by atoms with Crippen molar-refractivity contribution >= 4 is 17.3 Å². The van der Waals surface area contributed by atoms with Crippen molar-refractivity contribution in [3.8, 4) is 0 Å². The van der Waals surface area contributed by atoms with E-state index in [0.717, 1.165) is 44.0 Å². The summed E-state index contributed by atoms with van der Waals surface area (Å²) in [4.78, 5) is 2.41. The molecule has 0 spiro atoms. The van der Waals surface area contributed by atoms with Crippen molar-refractivity contribution in [2.45, 2.75) is 51.7 Å². The first-order valence-corrected chi connectivity index (χ1v) is 8.39. The molecule has 0 radical (unpaired) electrons. The molecule has 2 unspecified atom stereocenters.